The summed E-state index contributed by atoms with van der Waals surface area (Å²) in [6.07, 6.45) is 5.69. The molecule has 0 unspecified atom stereocenters. The van der Waals surface area contributed by atoms with Gasteiger partial charge in [-0.25, -0.2) is 18.4 Å². The van der Waals surface area contributed by atoms with Crippen molar-refractivity contribution in [2.45, 2.75) is 18.1 Å². The Morgan fingerprint density at radius 1 is 1.24 bits per heavy atom. The van der Waals surface area contributed by atoms with Gasteiger partial charge in [0.2, 0.25) is 0 Å². The second-order valence-electron chi connectivity index (χ2n) is 6.98. The van der Waals surface area contributed by atoms with Gasteiger partial charge in [-0.1, -0.05) is 11.6 Å². The van der Waals surface area contributed by atoms with Gasteiger partial charge < -0.3 is 5.73 Å². The van der Waals surface area contributed by atoms with Gasteiger partial charge in [-0.3, -0.25) is 4.68 Å². The maximum atomic E-state index is 12.4. The summed E-state index contributed by atoms with van der Waals surface area (Å²) in [6.45, 7) is 0. The van der Waals surface area contributed by atoms with Crippen LogP contribution in [0.5, 0.6) is 0 Å². The third-order valence-electron chi connectivity index (χ3n) is 4.85. The minimum Gasteiger partial charge on any atom is -0.399 e. The third-order valence-corrected chi connectivity index (χ3v) is 7.17. The lowest BCUT2D eigenvalue weighted by atomic mass is 10.1. The first-order valence-electron chi connectivity index (χ1n) is 8.89. The van der Waals surface area contributed by atoms with Crippen LogP contribution in [0.25, 0.3) is 33.7 Å². The van der Waals surface area contributed by atoms with E-state index in [9.17, 15) is 8.42 Å². The smallest absolute Gasteiger partial charge is 0.256 e. The van der Waals surface area contributed by atoms with Gasteiger partial charge >= 0.3 is 0 Å². The fraction of sp³-hybridized carbons (Fsp3) is 0.222. The van der Waals surface area contributed by atoms with E-state index in [1.165, 1.54) is 18.6 Å². The average molecular weight is 430 g/mol. The van der Waals surface area contributed by atoms with Gasteiger partial charge in [0, 0.05) is 23.7 Å². The van der Waals surface area contributed by atoms with Gasteiger partial charge in [-0.05, 0) is 31.0 Å². The molecule has 0 amide bonds. The molecule has 9 nitrogen and oxygen atoms in total. The number of rotatable bonds is 4. The molecule has 1 aromatic carbocycles. The number of anilines is 1. The average Bonchev–Trinajstić information content (AvgIpc) is 3.34. The molecule has 3 heterocycles. The number of benzene rings is 1. The highest BCUT2D eigenvalue weighted by molar-refractivity contribution is 7.90. The fourth-order valence-electron chi connectivity index (χ4n) is 3.25. The SMILES string of the molecule is Cn1nc2cc(N)ccc2c1-c1ncc(Cl)c(-c2cnn(S(=O)(=O)C3CC3)c2)n1. The van der Waals surface area contributed by atoms with E-state index in [1.54, 1.807) is 23.9 Å². The molecule has 1 aliphatic carbocycles. The van der Waals surface area contributed by atoms with E-state index in [1.807, 2.05) is 6.07 Å². The van der Waals surface area contributed by atoms with Gasteiger partial charge in [-0.15, -0.1) is 0 Å². The zero-order valence-electron chi connectivity index (χ0n) is 15.3. The molecule has 148 valence electrons. The van der Waals surface area contributed by atoms with E-state index in [4.69, 9.17) is 17.3 Å². The van der Waals surface area contributed by atoms with E-state index in [2.05, 4.69) is 20.2 Å². The molecule has 1 saturated carbocycles. The maximum absolute atomic E-state index is 12.4. The highest BCUT2D eigenvalue weighted by atomic mass is 35.5. The Hall–Kier alpha value is -2.98. The van der Waals surface area contributed by atoms with Crippen molar-refractivity contribution in [2.75, 3.05) is 5.73 Å². The lowest BCUT2D eigenvalue weighted by molar-refractivity contribution is 0.578. The van der Waals surface area contributed by atoms with Gasteiger partial charge in [0.25, 0.3) is 10.0 Å². The molecule has 0 bridgehead atoms. The quantitative estimate of drug-likeness (QED) is 0.494. The number of aryl methyl sites for hydroxylation is 1. The number of nitrogen functional groups attached to an aromatic ring is 1. The first-order valence-corrected chi connectivity index (χ1v) is 10.8. The second kappa shape index (κ2) is 6.26. The fourth-order valence-corrected chi connectivity index (χ4v) is 4.93. The zero-order valence-corrected chi connectivity index (χ0v) is 16.9. The Kier molecular flexibility index (Phi) is 3.90. The van der Waals surface area contributed by atoms with E-state index in [0.29, 0.717) is 46.3 Å². The minimum atomic E-state index is -3.47. The molecule has 3 aromatic heterocycles. The summed E-state index contributed by atoms with van der Waals surface area (Å²) in [6, 6.07) is 5.43. The highest BCUT2D eigenvalue weighted by Crippen LogP contribution is 2.33. The topological polar surface area (TPSA) is 122 Å². The van der Waals surface area contributed by atoms with Crippen LogP contribution in [0.4, 0.5) is 5.69 Å². The molecule has 11 heteroatoms. The third kappa shape index (κ3) is 2.95. The van der Waals surface area contributed by atoms with E-state index < -0.39 is 10.0 Å². The molecule has 1 aliphatic rings. The lowest BCUT2D eigenvalue weighted by Crippen LogP contribution is -2.17. The molecule has 29 heavy (non-hydrogen) atoms. The van der Waals surface area contributed by atoms with Crippen LogP contribution >= 0.6 is 11.6 Å². The van der Waals surface area contributed by atoms with Gasteiger partial charge in [0.15, 0.2) is 5.82 Å². The van der Waals surface area contributed by atoms with Crippen molar-refractivity contribution in [1.82, 2.24) is 28.9 Å². The van der Waals surface area contributed by atoms with Crippen LogP contribution in [0.3, 0.4) is 0 Å². The summed E-state index contributed by atoms with van der Waals surface area (Å²) in [5.41, 5.74) is 8.80. The number of nitrogens with two attached hydrogens (primary N) is 1. The van der Waals surface area contributed by atoms with Gasteiger partial charge in [0.1, 0.15) is 5.69 Å². The van der Waals surface area contributed by atoms with E-state index in [0.717, 1.165) is 15.0 Å². The predicted octanol–water partition coefficient (Wildman–Crippen LogP) is 2.47. The normalized spacial score (nSPS) is 14.6. The number of hydrogen-bond acceptors (Lipinski definition) is 7. The van der Waals surface area contributed by atoms with E-state index in [-0.39, 0.29) is 5.25 Å². The van der Waals surface area contributed by atoms with Crippen molar-refractivity contribution in [3.8, 4) is 22.8 Å². The number of hydrogen-bond donors (Lipinski definition) is 1. The summed E-state index contributed by atoms with van der Waals surface area (Å²) in [5.74, 6) is 0.414. The Labute approximate surface area is 171 Å². The molecular weight excluding hydrogens is 414 g/mol. The van der Waals surface area contributed by atoms with Crippen molar-refractivity contribution >= 4 is 38.2 Å². The standard InChI is InChI=1S/C18H16ClN7O2S/c1-25-17(13-5-2-11(20)6-15(13)24-25)18-21-8-14(19)16(23-18)10-7-22-26(9-10)29(27,28)12-3-4-12/h2,5-9,12H,3-4,20H2,1H3. The number of aromatic nitrogens is 6. The van der Waals surface area contributed by atoms with Crippen molar-refractivity contribution < 1.29 is 8.42 Å². The van der Waals surface area contributed by atoms with Crippen LogP contribution in [0.15, 0.2) is 36.8 Å². The van der Waals surface area contributed by atoms with Crippen molar-refractivity contribution in [3.63, 3.8) is 0 Å². The van der Waals surface area contributed by atoms with Crippen LogP contribution in [0.2, 0.25) is 5.02 Å². The van der Waals surface area contributed by atoms with Crippen molar-refractivity contribution in [1.29, 1.82) is 0 Å². The zero-order chi connectivity index (χ0) is 20.3. The van der Waals surface area contributed by atoms with Crippen molar-refractivity contribution in [2.24, 2.45) is 7.05 Å². The summed E-state index contributed by atoms with van der Waals surface area (Å²) < 4.78 is 27.5. The monoisotopic (exact) mass is 429 g/mol. The first kappa shape index (κ1) is 18.1. The summed E-state index contributed by atoms with van der Waals surface area (Å²) >= 11 is 6.32. The first-order chi connectivity index (χ1) is 13.8. The number of halogens is 1. The largest absolute Gasteiger partial charge is 0.399 e. The van der Waals surface area contributed by atoms with Gasteiger partial charge in [0.05, 0.1) is 40.1 Å². The highest BCUT2D eigenvalue weighted by Gasteiger charge is 2.37. The van der Waals surface area contributed by atoms with Gasteiger partial charge in [-0.2, -0.15) is 14.3 Å². The predicted molar refractivity (Wildman–Crippen MR) is 110 cm³/mol. The second-order valence-corrected chi connectivity index (χ2v) is 9.46. The maximum Gasteiger partial charge on any atom is 0.256 e. The minimum absolute atomic E-state index is 0.299. The molecule has 0 aliphatic heterocycles. The van der Waals surface area contributed by atoms with Crippen LogP contribution in [0, 0.1) is 0 Å². The summed E-state index contributed by atoms with van der Waals surface area (Å²) in [7, 11) is -1.67. The molecule has 0 saturated heterocycles. The molecular formula is C18H16ClN7O2S. The number of nitrogens with zero attached hydrogens (tertiary/aromatic N) is 6. The molecule has 5 rings (SSSR count). The van der Waals surface area contributed by atoms with Crippen molar-refractivity contribution in [3.05, 3.63) is 41.8 Å². The van der Waals surface area contributed by atoms with Crippen LogP contribution in [-0.2, 0) is 17.1 Å². The molecule has 2 N–H and O–H groups in total. The Balaban J connectivity index is 1.62. The Bertz CT molecular complexity index is 1370. The number of fused-ring (bicyclic) bond motifs is 1. The van der Waals surface area contributed by atoms with E-state index >= 15 is 0 Å². The Morgan fingerprint density at radius 2 is 2.03 bits per heavy atom. The molecule has 4 aromatic rings. The Morgan fingerprint density at radius 3 is 2.79 bits per heavy atom. The molecule has 0 atom stereocenters. The summed E-state index contributed by atoms with van der Waals surface area (Å²) in [4.78, 5) is 8.94. The molecule has 0 spiro atoms. The molecule has 0 radical (unpaired) electrons. The van der Waals surface area contributed by atoms with Crippen LogP contribution in [-0.4, -0.2) is 42.6 Å². The van der Waals surface area contributed by atoms with Crippen LogP contribution in [0.1, 0.15) is 12.8 Å². The summed E-state index contributed by atoms with van der Waals surface area (Å²) in [5, 5.41) is 9.27. The van der Waals surface area contributed by atoms with Crippen LogP contribution < -0.4 is 5.73 Å². The lowest BCUT2D eigenvalue weighted by Gasteiger charge is -2.06. The molecule has 1 fully saturated rings.